The van der Waals surface area contributed by atoms with E-state index in [1.54, 1.807) is 24.3 Å². The largest absolute Gasteiger partial charge is 0.497 e. The van der Waals surface area contributed by atoms with Gasteiger partial charge in [0.2, 0.25) is 17.7 Å². The Morgan fingerprint density at radius 2 is 1.67 bits per heavy atom. The number of nitro groups is 1. The van der Waals surface area contributed by atoms with E-state index in [9.17, 15) is 33.7 Å². The Kier molecular flexibility index (Phi) is 7.31. The SMILES string of the molecule is COc1ccc([C@@H]2c3sc(=O)n(CC(=O)Nc4ccc(F)cc4)c3SC3C(=O)N(c4ccc([N+](=O)[O-])cc4)C(=O)C32)cc1. The molecule has 1 saturated heterocycles. The fourth-order valence-corrected chi connectivity index (χ4v) is 8.05. The van der Waals surface area contributed by atoms with Gasteiger partial charge < -0.3 is 10.1 Å². The summed E-state index contributed by atoms with van der Waals surface area (Å²) in [5, 5.41) is 13.2. The van der Waals surface area contributed by atoms with Crippen LogP contribution in [0.5, 0.6) is 5.75 Å². The lowest BCUT2D eigenvalue weighted by Gasteiger charge is -2.30. The highest BCUT2D eigenvalue weighted by Crippen LogP contribution is 2.54. The zero-order valence-corrected chi connectivity index (χ0v) is 23.9. The normalized spacial score (nSPS) is 19.1. The van der Waals surface area contributed by atoms with Crippen molar-refractivity contribution in [2.24, 2.45) is 5.92 Å². The lowest BCUT2D eigenvalue weighted by Crippen LogP contribution is -2.33. The number of hydrogen-bond donors (Lipinski definition) is 1. The Morgan fingerprint density at radius 1 is 1.00 bits per heavy atom. The van der Waals surface area contributed by atoms with Crippen LogP contribution in [-0.4, -0.2) is 39.6 Å². The van der Waals surface area contributed by atoms with Crippen molar-refractivity contribution >= 4 is 57.9 Å². The Balaban J connectivity index is 1.39. The molecular formula is C29H21FN4O7S2. The van der Waals surface area contributed by atoms with Gasteiger partial charge in [-0.3, -0.25) is 33.9 Å². The van der Waals surface area contributed by atoms with Gasteiger partial charge in [-0.15, -0.1) is 0 Å². The van der Waals surface area contributed by atoms with E-state index in [2.05, 4.69) is 5.32 Å². The van der Waals surface area contributed by atoms with E-state index in [-0.39, 0.29) is 17.9 Å². The van der Waals surface area contributed by atoms with Crippen LogP contribution in [0.1, 0.15) is 16.4 Å². The molecular weight excluding hydrogens is 599 g/mol. The van der Waals surface area contributed by atoms with Gasteiger partial charge in [0.15, 0.2) is 0 Å². The predicted molar refractivity (Wildman–Crippen MR) is 157 cm³/mol. The Labute approximate surface area is 251 Å². The molecule has 3 heterocycles. The summed E-state index contributed by atoms with van der Waals surface area (Å²) in [5.41, 5.74) is 1.04. The standard InChI is InChI=1S/C29H21FN4O7S2/c1-41-20-12-2-15(3-13-20)22-23-24(27(37)33(26(23)36)18-8-10-19(11-9-18)34(39)40)42-28-25(22)43-29(38)32(28)14-21(35)31-17-6-4-16(30)5-7-17/h2-13,22-24H,14H2,1H3,(H,31,35)/t22-,23?,24?/m0/s1. The maximum Gasteiger partial charge on any atom is 0.308 e. The molecule has 0 spiro atoms. The van der Waals surface area contributed by atoms with Gasteiger partial charge in [0.25, 0.3) is 5.69 Å². The van der Waals surface area contributed by atoms with Gasteiger partial charge >= 0.3 is 4.87 Å². The molecule has 6 rings (SSSR count). The Morgan fingerprint density at radius 3 is 2.30 bits per heavy atom. The minimum atomic E-state index is -0.928. The minimum Gasteiger partial charge on any atom is -0.497 e. The van der Waals surface area contributed by atoms with Gasteiger partial charge in [-0.1, -0.05) is 35.2 Å². The van der Waals surface area contributed by atoms with Gasteiger partial charge in [-0.2, -0.15) is 0 Å². The zero-order chi connectivity index (χ0) is 30.4. The van der Waals surface area contributed by atoms with Gasteiger partial charge in [0.1, 0.15) is 23.4 Å². The maximum atomic E-state index is 13.9. The number of carbonyl (C=O) groups excluding carboxylic acids is 3. The molecule has 3 aromatic carbocycles. The highest BCUT2D eigenvalue weighted by atomic mass is 32.2. The number of benzene rings is 3. The second-order valence-corrected chi connectivity index (χ2v) is 11.9. The van der Waals surface area contributed by atoms with Gasteiger partial charge in [0.05, 0.1) is 28.7 Å². The predicted octanol–water partition coefficient (Wildman–Crippen LogP) is 4.40. The van der Waals surface area contributed by atoms with Crippen LogP contribution < -0.4 is 19.8 Å². The molecule has 0 radical (unpaired) electrons. The molecule has 218 valence electrons. The number of nitrogens with one attached hydrogen (secondary N) is 1. The van der Waals surface area contributed by atoms with E-state index in [1.165, 1.54) is 60.2 Å². The van der Waals surface area contributed by atoms with Crippen molar-refractivity contribution < 1.29 is 28.4 Å². The number of hydrogen-bond acceptors (Lipinski definition) is 9. The second-order valence-electron chi connectivity index (χ2n) is 9.78. The first kappa shape index (κ1) is 28.3. The number of carbonyl (C=O) groups is 3. The van der Waals surface area contributed by atoms with Crippen LogP contribution in [-0.2, 0) is 20.9 Å². The summed E-state index contributed by atoms with van der Waals surface area (Å²) in [6, 6.07) is 17.3. The monoisotopic (exact) mass is 620 g/mol. The topological polar surface area (TPSA) is 141 Å². The number of thioether (sulfide) groups is 1. The first-order valence-electron chi connectivity index (χ1n) is 12.9. The number of rotatable bonds is 7. The molecule has 0 aliphatic carbocycles. The third-order valence-electron chi connectivity index (χ3n) is 7.27. The van der Waals surface area contributed by atoms with Crippen LogP contribution in [0.2, 0.25) is 0 Å². The molecule has 0 saturated carbocycles. The number of thiazole rings is 1. The third-order valence-corrected chi connectivity index (χ3v) is 9.88. The summed E-state index contributed by atoms with van der Waals surface area (Å²) in [6.45, 7) is -0.365. The number of halogens is 1. The van der Waals surface area contributed by atoms with Crippen molar-refractivity contribution in [2.45, 2.75) is 22.7 Å². The van der Waals surface area contributed by atoms with Crippen LogP contribution in [0, 0.1) is 21.8 Å². The molecule has 3 amide bonds. The first-order valence-corrected chi connectivity index (χ1v) is 14.6. The van der Waals surface area contributed by atoms with E-state index in [0.717, 1.165) is 28.0 Å². The van der Waals surface area contributed by atoms with E-state index < -0.39 is 50.4 Å². The fourth-order valence-electron chi connectivity index (χ4n) is 5.28. The van der Waals surface area contributed by atoms with Crippen molar-refractivity contribution in [2.75, 3.05) is 17.3 Å². The van der Waals surface area contributed by atoms with Gasteiger partial charge in [-0.05, 0) is 54.1 Å². The summed E-state index contributed by atoms with van der Waals surface area (Å²) in [7, 11) is 1.52. The van der Waals surface area contributed by atoms with Gasteiger partial charge in [0, 0.05) is 28.6 Å². The zero-order valence-electron chi connectivity index (χ0n) is 22.3. The van der Waals surface area contributed by atoms with Crippen molar-refractivity contribution in [3.8, 4) is 5.75 Å². The van der Waals surface area contributed by atoms with Crippen LogP contribution >= 0.6 is 23.1 Å². The lowest BCUT2D eigenvalue weighted by atomic mass is 9.83. The number of nitrogens with zero attached hydrogens (tertiary/aromatic N) is 3. The number of amides is 3. The highest BCUT2D eigenvalue weighted by molar-refractivity contribution is 8.00. The number of anilines is 2. The molecule has 1 fully saturated rings. The number of methoxy groups -OCH3 is 1. The number of aromatic nitrogens is 1. The van der Waals surface area contributed by atoms with Crippen LogP contribution in [0.4, 0.5) is 21.5 Å². The fraction of sp³-hybridized carbons (Fsp3) is 0.172. The molecule has 14 heteroatoms. The number of nitro benzene ring substituents is 1. The Hall–Kier alpha value is -4.82. The lowest BCUT2D eigenvalue weighted by molar-refractivity contribution is -0.384. The first-order chi connectivity index (χ1) is 20.7. The summed E-state index contributed by atoms with van der Waals surface area (Å²) in [4.78, 5) is 65.6. The Bertz CT molecular complexity index is 1820. The van der Waals surface area contributed by atoms with Crippen LogP contribution in [0.3, 0.4) is 0 Å². The average Bonchev–Trinajstić information content (AvgIpc) is 3.44. The summed E-state index contributed by atoms with van der Waals surface area (Å²) in [5.74, 6) is -3.01. The minimum absolute atomic E-state index is 0.184. The summed E-state index contributed by atoms with van der Waals surface area (Å²) < 4.78 is 19.8. The molecule has 43 heavy (non-hydrogen) atoms. The molecule has 2 aliphatic rings. The molecule has 0 bridgehead atoms. The second kappa shape index (κ2) is 11.1. The van der Waals surface area contributed by atoms with Crippen molar-refractivity contribution in [1.29, 1.82) is 0 Å². The van der Waals surface area contributed by atoms with Crippen molar-refractivity contribution in [3.63, 3.8) is 0 Å². The van der Waals surface area contributed by atoms with E-state index in [4.69, 9.17) is 4.74 Å². The average molecular weight is 621 g/mol. The van der Waals surface area contributed by atoms with Crippen LogP contribution in [0.15, 0.2) is 82.6 Å². The quantitative estimate of drug-likeness (QED) is 0.182. The molecule has 3 atom stereocenters. The maximum absolute atomic E-state index is 13.9. The highest BCUT2D eigenvalue weighted by Gasteiger charge is 2.56. The summed E-state index contributed by atoms with van der Waals surface area (Å²) >= 11 is 1.95. The van der Waals surface area contributed by atoms with E-state index >= 15 is 0 Å². The number of ether oxygens (including phenoxy) is 1. The van der Waals surface area contributed by atoms with E-state index in [1.807, 2.05) is 0 Å². The third kappa shape index (κ3) is 5.08. The van der Waals surface area contributed by atoms with Gasteiger partial charge in [-0.25, -0.2) is 9.29 Å². The summed E-state index contributed by atoms with van der Waals surface area (Å²) in [6.07, 6.45) is 0. The number of fused-ring (bicyclic) bond motifs is 2. The number of non-ortho nitro benzene ring substituents is 1. The molecule has 2 aliphatic heterocycles. The molecule has 4 aromatic rings. The number of imide groups is 1. The molecule has 1 aromatic heterocycles. The van der Waals surface area contributed by atoms with Crippen molar-refractivity contribution in [3.05, 3.63) is 109 Å². The van der Waals surface area contributed by atoms with Crippen LogP contribution in [0.25, 0.3) is 0 Å². The molecule has 1 N–H and O–H groups in total. The van der Waals surface area contributed by atoms with Crippen molar-refractivity contribution in [1.82, 2.24) is 4.57 Å². The molecule has 2 unspecified atom stereocenters. The smallest absolute Gasteiger partial charge is 0.308 e. The molecule has 11 nitrogen and oxygen atoms in total. The van der Waals surface area contributed by atoms with E-state index in [0.29, 0.717) is 26.9 Å².